The first-order chi connectivity index (χ1) is 29.4. The fourth-order valence-electron chi connectivity index (χ4n) is 5.61. The van der Waals surface area contributed by atoms with Gasteiger partial charge in [0.25, 0.3) is 0 Å². The zero-order chi connectivity index (χ0) is 45.1. The number of rotatable bonds is 42. The van der Waals surface area contributed by atoms with E-state index >= 15 is 0 Å². The lowest BCUT2D eigenvalue weighted by atomic mass is 10.1. The van der Waals surface area contributed by atoms with Gasteiger partial charge in [0.05, 0.1) is 19.8 Å². The first-order valence-electron chi connectivity index (χ1n) is 22.6. The molecule has 0 fully saturated rings. The van der Waals surface area contributed by atoms with Crippen LogP contribution in [0.3, 0.4) is 0 Å². The zero-order valence-electron chi connectivity index (χ0n) is 37.2. The lowest BCUT2D eigenvalue weighted by molar-refractivity contribution is -0.161. The number of aliphatic hydroxyl groups excluding tert-OH is 1. The lowest BCUT2D eigenvalue weighted by Gasteiger charge is -2.20. The second-order valence-electron chi connectivity index (χ2n) is 15.0. The van der Waals surface area contributed by atoms with Gasteiger partial charge in [-0.05, 0) is 77.0 Å². The number of hydrogen-bond acceptors (Lipinski definition) is 10. The molecule has 61 heavy (non-hydrogen) atoms. The Labute approximate surface area is 367 Å². The molecule has 0 aromatic carbocycles. The summed E-state index contributed by atoms with van der Waals surface area (Å²) in [6, 6.07) is 0. The van der Waals surface area contributed by atoms with Gasteiger partial charge in [0, 0.05) is 12.8 Å². The van der Waals surface area contributed by atoms with Gasteiger partial charge < -0.3 is 29.3 Å². The number of carbonyl (C=O) groups excluding carboxylic acids is 2. The Kier molecular flexibility index (Phi) is 39.9. The van der Waals surface area contributed by atoms with Crippen molar-refractivity contribution >= 4 is 27.6 Å². The molecule has 0 spiro atoms. The van der Waals surface area contributed by atoms with E-state index in [1.165, 1.54) is 77.0 Å². The van der Waals surface area contributed by atoms with Crippen LogP contribution >= 0.6 is 15.6 Å². The first kappa shape index (κ1) is 58.6. The molecule has 0 aliphatic rings. The second-order valence-corrected chi connectivity index (χ2v) is 17.7. The van der Waals surface area contributed by atoms with Gasteiger partial charge in [-0.25, -0.2) is 9.13 Å². The van der Waals surface area contributed by atoms with E-state index in [0.29, 0.717) is 25.7 Å². The third-order valence-corrected chi connectivity index (χ3v) is 10.5. The number of phosphoric ester groups is 2. The van der Waals surface area contributed by atoms with E-state index in [-0.39, 0.29) is 12.8 Å². The van der Waals surface area contributed by atoms with E-state index in [9.17, 15) is 28.7 Å². The van der Waals surface area contributed by atoms with Gasteiger partial charge in [-0.2, -0.15) is 0 Å². The van der Waals surface area contributed by atoms with E-state index in [1.54, 1.807) is 0 Å². The Hall–Kier alpha value is -2.44. The summed E-state index contributed by atoms with van der Waals surface area (Å²) >= 11 is 0. The van der Waals surface area contributed by atoms with Gasteiger partial charge in [0.2, 0.25) is 0 Å². The lowest BCUT2D eigenvalue weighted by Crippen LogP contribution is -2.29. The SMILES string of the molecule is CCCCCCCC/C=C\C/C=C\C/C=C\CCCC(=O)OC[C@H](COP(=O)(O)OC[C@@H](O)COP(=O)(O)O)OC(=O)CCC/C=C\C/C=C\C/C=C\CCCCCCCC. The van der Waals surface area contributed by atoms with E-state index < -0.39 is 66.2 Å². The number of phosphoric acid groups is 2. The minimum Gasteiger partial charge on any atom is -0.462 e. The molecular formula is C46H80O13P2. The minimum absolute atomic E-state index is 0.0462. The van der Waals surface area contributed by atoms with E-state index in [2.05, 4.69) is 71.5 Å². The molecule has 0 aliphatic carbocycles. The Morgan fingerprint density at radius 3 is 1.31 bits per heavy atom. The van der Waals surface area contributed by atoms with Gasteiger partial charge in [0.15, 0.2) is 6.10 Å². The first-order valence-corrected chi connectivity index (χ1v) is 25.7. The smallest absolute Gasteiger partial charge is 0.462 e. The molecule has 0 saturated carbocycles. The van der Waals surface area contributed by atoms with Gasteiger partial charge >= 0.3 is 27.6 Å². The summed E-state index contributed by atoms with van der Waals surface area (Å²) in [5.74, 6) is -1.16. The third kappa shape index (κ3) is 45.4. The molecule has 352 valence electrons. The van der Waals surface area contributed by atoms with Crippen LogP contribution in [0.4, 0.5) is 0 Å². The highest BCUT2D eigenvalue weighted by atomic mass is 31.2. The molecule has 0 saturated heterocycles. The Morgan fingerprint density at radius 2 is 0.852 bits per heavy atom. The van der Waals surface area contributed by atoms with Crippen molar-refractivity contribution in [2.75, 3.05) is 26.4 Å². The second kappa shape index (κ2) is 41.6. The number of hydrogen-bond donors (Lipinski definition) is 4. The fraction of sp³-hybridized carbons (Fsp3) is 0.696. The maximum Gasteiger partial charge on any atom is 0.472 e. The quantitative estimate of drug-likeness (QED) is 0.0196. The molecule has 1 unspecified atom stereocenters. The Morgan fingerprint density at radius 1 is 0.475 bits per heavy atom. The van der Waals surface area contributed by atoms with Gasteiger partial charge in [-0.15, -0.1) is 0 Å². The average molecular weight is 903 g/mol. The van der Waals surface area contributed by atoms with Crippen LogP contribution in [0.2, 0.25) is 0 Å². The standard InChI is InChI=1S/C46H80O13P2/c1-3-5-7-9-11-13-15-17-19-21-23-25-27-29-31-33-35-37-45(48)55-41-44(42-58-61(53,54)57-40-43(47)39-56-60(50,51)52)59-46(49)38-36-34-32-30-28-26-24-22-20-18-16-14-12-10-8-6-4-2/h17-20,23-26,29-32,43-44,47H,3-16,21-22,27-28,33-42H2,1-2H3,(H,53,54)(H2,50,51,52)/b19-17-,20-18-,25-23-,26-24-,31-29-,32-30-/t43-,44+/m0/s1. The summed E-state index contributed by atoms with van der Waals surface area (Å²) in [5, 5.41) is 9.75. The van der Waals surface area contributed by atoms with Crippen LogP contribution in [0.5, 0.6) is 0 Å². The number of allylic oxidation sites excluding steroid dienone is 12. The van der Waals surface area contributed by atoms with Crippen molar-refractivity contribution in [3.05, 3.63) is 72.9 Å². The molecule has 0 aromatic rings. The van der Waals surface area contributed by atoms with Crippen LogP contribution in [-0.4, -0.2) is 70.4 Å². The molecule has 0 radical (unpaired) electrons. The number of ether oxygens (including phenoxy) is 2. The molecule has 0 aliphatic heterocycles. The normalized spacial score (nSPS) is 14.7. The highest BCUT2D eigenvalue weighted by Crippen LogP contribution is 2.43. The maximum atomic E-state index is 12.6. The molecular weight excluding hydrogens is 822 g/mol. The molecule has 0 amide bonds. The van der Waals surface area contributed by atoms with Crippen molar-refractivity contribution < 1.29 is 61.6 Å². The third-order valence-electron chi connectivity index (χ3n) is 9.06. The van der Waals surface area contributed by atoms with Crippen LogP contribution in [-0.2, 0) is 41.8 Å². The summed E-state index contributed by atoms with van der Waals surface area (Å²) in [5.41, 5.74) is 0. The van der Waals surface area contributed by atoms with Crippen molar-refractivity contribution in [3.63, 3.8) is 0 Å². The van der Waals surface area contributed by atoms with Crippen molar-refractivity contribution in [1.82, 2.24) is 0 Å². The molecule has 0 aromatic heterocycles. The molecule has 0 bridgehead atoms. The summed E-state index contributed by atoms with van der Waals surface area (Å²) in [7, 11) is -9.71. The fourth-order valence-corrected chi connectivity index (χ4v) is 6.77. The van der Waals surface area contributed by atoms with Crippen molar-refractivity contribution in [2.24, 2.45) is 0 Å². The van der Waals surface area contributed by atoms with Gasteiger partial charge in [-0.3, -0.25) is 23.2 Å². The topological polar surface area (TPSA) is 195 Å². The number of esters is 2. The largest absolute Gasteiger partial charge is 0.472 e. The number of unbranched alkanes of at least 4 members (excludes halogenated alkanes) is 14. The van der Waals surface area contributed by atoms with Crippen LogP contribution < -0.4 is 0 Å². The molecule has 13 nitrogen and oxygen atoms in total. The molecule has 15 heteroatoms. The molecule has 0 heterocycles. The molecule has 4 N–H and O–H groups in total. The van der Waals surface area contributed by atoms with Gasteiger partial charge in [-0.1, -0.05) is 151 Å². The Bertz CT molecular complexity index is 1350. The number of aliphatic hydroxyl groups is 1. The number of carbonyl (C=O) groups is 2. The Balaban J connectivity index is 4.67. The average Bonchev–Trinajstić information content (AvgIpc) is 3.22. The van der Waals surface area contributed by atoms with E-state index in [0.717, 1.165) is 38.5 Å². The summed E-state index contributed by atoms with van der Waals surface area (Å²) in [6.07, 6.45) is 46.2. The predicted octanol–water partition coefficient (Wildman–Crippen LogP) is 11.8. The van der Waals surface area contributed by atoms with Crippen molar-refractivity contribution in [1.29, 1.82) is 0 Å². The zero-order valence-corrected chi connectivity index (χ0v) is 39.0. The van der Waals surface area contributed by atoms with Gasteiger partial charge in [0.1, 0.15) is 12.7 Å². The van der Waals surface area contributed by atoms with Crippen LogP contribution in [0, 0.1) is 0 Å². The van der Waals surface area contributed by atoms with Crippen molar-refractivity contribution in [3.8, 4) is 0 Å². The highest BCUT2D eigenvalue weighted by Gasteiger charge is 2.28. The van der Waals surface area contributed by atoms with Crippen LogP contribution in [0.25, 0.3) is 0 Å². The maximum absolute atomic E-state index is 12.6. The van der Waals surface area contributed by atoms with Crippen molar-refractivity contribution in [2.45, 2.75) is 180 Å². The summed E-state index contributed by atoms with van der Waals surface area (Å²) < 4.78 is 47.7. The van der Waals surface area contributed by atoms with E-state index in [1.807, 2.05) is 24.3 Å². The summed E-state index contributed by atoms with van der Waals surface area (Å²) in [6.45, 7) is 1.63. The van der Waals surface area contributed by atoms with Crippen LogP contribution in [0.1, 0.15) is 168 Å². The monoisotopic (exact) mass is 903 g/mol. The highest BCUT2D eigenvalue weighted by molar-refractivity contribution is 7.47. The molecule has 0 rings (SSSR count). The predicted molar refractivity (Wildman–Crippen MR) is 244 cm³/mol. The molecule has 3 atom stereocenters. The van der Waals surface area contributed by atoms with Crippen LogP contribution in [0.15, 0.2) is 72.9 Å². The van der Waals surface area contributed by atoms with E-state index in [4.69, 9.17) is 23.8 Å². The summed E-state index contributed by atoms with van der Waals surface area (Å²) in [4.78, 5) is 52.7. The minimum atomic E-state index is -4.87.